The maximum atomic E-state index is 9.99. The standard InChI is InChI=1S/C17H28N2O/c1-13(2)18-17(12-20,15-7-8-15)11-19(4)16-9-5-14(3)6-10-16/h5-6,9-10,13,15,18,20H,7-8,11-12H2,1-4H3. The summed E-state index contributed by atoms with van der Waals surface area (Å²) >= 11 is 0. The molecule has 1 aliphatic rings. The van der Waals surface area contributed by atoms with Crippen LogP contribution in [0.4, 0.5) is 5.69 Å². The predicted octanol–water partition coefficient (Wildman–Crippen LogP) is 2.57. The number of rotatable bonds is 7. The summed E-state index contributed by atoms with van der Waals surface area (Å²) < 4.78 is 0. The Balaban J connectivity index is 2.12. The van der Waals surface area contributed by atoms with Gasteiger partial charge in [-0.2, -0.15) is 0 Å². The Labute approximate surface area is 123 Å². The largest absolute Gasteiger partial charge is 0.394 e. The maximum absolute atomic E-state index is 9.99. The van der Waals surface area contributed by atoms with Crippen molar-refractivity contribution in [3.8, 4) is 0 Å². The average molecular weight is 276 g/mol. The van der Waals surface area contributed by atoms with Crippen molar-refractivity contribution in [1.82, 2.24) is 5.32 Å². The van der Waals surface area contributed by atoms with Crippen LogP contribution in [0, 0.1) is 12.8 Å². The van der Waals surface area contributed by atoms with Crippen molar-refractivity contribution in [2.75, 3.05) is 25.1 Å². The van der Waals surface area contributed by atoms with E-state index in [1.807, 2.05) is 0 Å². The maximum Gasteiger partial charge on any atom is 0.0633 e. The van der Waals surface area contributed by atoms with Gasteiger partial charge in [-0.1, -0.05) is 31.5 Å². The fraction of sp³-hybridized carbons (Fsp3) is 0.647. The second-order valence-electron chi connectivity index (χ2n) is 6.58. The fourth-order valence-corrected chi connectivity index (χ4v) is 3.04. The molecule has 0 saturated heterocycles. The van der Waals surface area contributed by atoms with Gasteiger partial charge in [-0.25, -0.2) is 0 Å². The van der Waals surface area contributed by atoms with Crippen LogP contribution >= 0.6 is 0 Å². The summed E-state index contributed by atoms with van der Waals surface area (Å²) in [6.07, 6.45) is 2.45. The summed E-state index contributed by atoms with van der Waals surface area (Å²) in [5.41, 5.74) is 2.31. The number of hydrogen-bond acceptors (Lipinski definition) is 3. The van der Waals surface area contributed by atoms with Gasteiger partial charge in [-0.3, -0.25) is 0 Å². The SMILES string of the molecule is Cc1ccc(N(C)CC(CO)(NC(C)C)C2CC2)cc1. The van der Waals surface area contributed by atoms with Gasteiger partial charge in [0.1, 0.15) is 0 Å². The lowest BCUT2D eigenvalue weighted by molar-refractivity contribution is 0.136. The smallest absolute Gasteiger partial charge is 0.0633 e. The minimum atomic E-state index is -0.173. The van der Waals surface area contributed by atoms with Gasteiger partial charge in [0.2, 0.25) is 0 Å². The highest BCUT2D eigenvalue weighted by molar-refractivity contribution is 5.47. The second-order valence-corrected chi connectivity index (χ2v) is 6.58. The zero-order valence-electron chi connectivity index (χ0n) is 13.2. The summed E-state index contributed by atoms with van der Waals surface area (Å²) in [6.45, 7) is 7.45. The van der Waals surface area contributed by atoms with Crippen LogP contribution < -0.4 is 10.2 Å². The van der Waals surface area contributed by atoms with Crippen LogP contribution in [-0.4, -0.2) is 36.9 Å². The third-order valence-electron chi connectivity index (χ3n) is 4.21. The van der Waals surface area contributed by atoms with E-state index in [-0.39, 0.29) is 12.1 Å². The summed E-state index contributed by atoms with van der Waals surface area (Å²) in [6, 6.07) is 8.97. The van der Waals surface area contributed by atoms with E-state index in [1.54, 1.807) is 0 Å². The lowest BCUT2D eigenvalue weighted by Gasteiger charge is -2.39. The van der Waals surface area contributed by atoms with Gasteiger partial charge in [0.15, 0.2) is 0 Å². The molecule has 1 fully saturated rings. The Hall–Kier alpha value is -1.06. The molecule has 3 heteroatoms. The first-order valence-electron chi connectivity index (χ1n) is 7.63. The van der Waals surface area contributed by atoms with Crippen molar-refractivity contribution in [3.05, 3.63) is 29.8 Å². The molecule has 0 spiro atoms. The topological polar surface area (TPSA) is 35.5 Å². The lowest BCUT2D eigenvalue weighted by atomic mass is 9.92. The molecule has 1 aromatic rings. The van der Waals surface area contributed by atoms with Crippen molar-refractivity contribution >= 4 is 5.69 Å². The zero-order chi connectivity index (χ0) is 14.8. The third-order valence-corrected chi connectivity index (χ3v) is 4.21. The molecule has 1 saturated carbocycles. The molecule has 1 aromatic carbocycles. The van der Waals surface area contributed by atoms with Crippen molar-refractivity contribution < 1.29 is 5.11 Å². The molecule has 20 heavy (non-hydrogen) atoms. The number of aliphatic hydroxyl groups excluding tert-OH is 1. The Morgan fingerprint density at radius 1 is 1.30 bits per heavy atom. The number of aryl methyl sites for hydroxylation is 1. The zero-order valence-corrected chi connectivity index (χ0v) is 13.2. The summed E-state index contributed by atoms with van der Waals surface area (Å²) in [4.78, 5) is 2.25. The number of benzene rings is 1. The van der Waals surface area contributed by atoms with Gasteiger partial charge >= 0.3 is 0 Å². The molecule has 2 N–H and O–H groups in total. The number of hydrogen-bond donors (Lipinski definition) is 2. The van der Waals surface area contributed by atoms with E-state index in [0.717, 1.165) is 6.54 Å². The molecule has 1 atom stereocenters. The van der Waals surface area contributed by atoms with Gasteiger partial charge in [0.25, 0.3) is 0 Å². The number of aliphatic hydroxyl groups is 1. The molecular weight excluding hydrogens is 248 g/mol. The lowest BCUT2D eigenvalue weighted by Crippen LogP contribution is -2.59. The van der Waals surface area contributed by atoms with Gasteiger partial charge in [0.05, 0.1) is 12.1 Å². The van der Waals surface area contributed by atoms with E-state index in [1.165, 1.54) is 24.1 Å². The van der Waals surface area contributed by atoms with Crippen molar-refractivity contribution in [2.24, 2.45) is 5.92 Å². The molecule has 1 unspecified atom stereocenters. The van der Waals surface area contributed by atoms with Crippen LogP contribution in [0.15, 0.2) is 24.3 Å². The summed E-state index contributed by atoms with van der Waals surface area (Å²) in [7, 11) is 2.11. The first-order chi connectivity index (χ1) is 9.47. The van der Waals surface area contributed by atoms with Crippen LogP contribution in [0.25, 0.3) is 0 Å². The monoisotopic (exact) mass is 276 g/mol. The van der Waals surface area contributed by atoms with Gasteiger partial charge in [-0.15, -0.1) is 0 Å². The first kappa shape index (κ1) is 15.3. The van der Waals surface area contributed by atoms with Crippen molar-refractivity contribution in [3.63, 3.8) is 0 Å². The fourth-order valence-electron chi connectivity index (χ4n) is 3.04. The quantitative estimate of drug-likeness (QED) is 0.803. The number of anilines is 1. The molecule has 0 aliphatic heterocycles. The van der Waals surface area contributed by atoms with E-state index >= 15 is 0 Å². The van der Waals surface area contributed by atoms with E-state index in [9.17, 15) is 5.11 Å². The van der Waals surface area contributed by atoms with Crippen LogP contribution in [-0.2, 0) is 0 Å². The molecule has 0 heterocycles. The highest BCUT2D eigenvalue weighted by Crippen LogP contribution is 2.40. The van der Waals surface area contributed by atoms with E-state index < -0.39 is 0 Å². The minimum absolute atomic E-state index is 0.173. The van der Waals surface area contributed by atoms with Gasteiger partial charge in [0, 0.05) is 25.3 Å². The van der Waals surface area contributed by atoms with E-state index in [0.29, 0.717) is 12.0 Å². The first-order valence-corrected chi connectivity index (χ1v) is 7.63. The van der Waals surface area contributed by atoms with Crippen LogP contribution in [0.2, 0.25) is 0 Å². The molecule has 3 nitrogen and oxygen atoms in total. The minimum Gasteiger partial charge on any atom is -0.394 e. The van der Waals surface area contributed by atoms with Crippen LogP contribution in [0.1, 0.15) is 32.3 Å². The number of nitrogens with one attached hydrogen (secondary N) is 1. The normalized spacial score (nSPS) is 18.1. The highest BCUT2D eigenvalue weighted by atomic mass is 16.3. The Morgan fingerprint density at radius 2 is 1.90 bits per heavy atom. The Bertz CT molecular complexity index is 425. The molecule has 0 amide bonds. The van der Waals surface area contributed by atoms with E-state index in [2.05, 4.69) is 62.3 Å². The molecule has 0 radical (unpaired) electrons. The van der Waals surface area contributed by atoms with Crippen molar-refractivity contribution in [1.29, 1.82) is 0 Å². The molecule has 0 aromatic heterocycles. The Morgan fingerprint density at radius 3 is 2.35 bits per heavy atom. The third kappa shape index (κ3) is 3.53. The highest BCUT2D eigenvalue weighted by Gasteiger charge is 2.45. The second kappa shape index (κ2) is 6.15. The molecule has 0 bridgehead atoms. The predicted molar refractivity (Wildman–Crippen MR) is 85.3 cm³/mol. The summed E-state index contributed by atoms with van der Waals surface area (Å²) in [5, 5.41) is 13.6. The van der Waals surface area contributed by atoms with Crippen LogP contribution in [0.5, 0.6) is 0 Å². The van der Waals surface area contributed by atoms with E-state index in [4.69, 9.17) is 0 Å². The van der Waals surface area contributed by atoms with Gasteiger partial charge < -0.3 is 15.3 Å². The molecule has 1 aliphatic carbocycles. The number of nitrogens with zero attached hydrogens (tertiary/aromatic N) is 1. The summed E-state index contributed by atoms with van der Waals surface area (Å²) in [5.74, 6) is 0.600. The molecule has 112 valence electrons. The molecular formula is C17H28N2O. The molecule has 2 rings (SSSR count). The number of likely N-dealkylation sites (N-methyl/N-ethyl adjacent to an activating group) is 1. The average Bonchev–Trinajstić information content (AvgIpc) is 3.22. The van der Waals surface area contributed by atoms with Crippen molar-refractivity contribution in [2.45, 2.75) is 45.2 Å². The van der Waals surface area contributed by atoms with Crippen LogP contribution in [0.3, 0.4) is 0 Å². The van der Waals surface area contributed by atoms with Gasteiger partial charge in [-0.05, 0) is 37.8 Å². The Kier molecular flexibility index (Phi) is 4.71.